The van der Waals surface area contributed by atoms with Crippen LogP contribution in [-0.2, 0) is 9.53 Å². The minimum atomic E-state index is -1.43. The molecule has 6 nitrogen and oxygen atoms in total. The molecular weight excluding hydrogens is 372 g/mol. The Morgan fingerprint density at radius 1 is 0.931 bits per heavy atom. The first-order valence-electron chi connectivity index (χ1n) is 9.12. The lowest BCUT2D eigenvalue weighted by Crippen LogP contribution is -2.30. The zero-order chi connectivity index (χ0) is 21.4. The molecule has 6 heteroatoms. The van der Waals surface area contributed by atoms with Crippen LogP contribution in [-0.4, -0.2) is 41.5 Å². The molecule has 0 aliphatic rings. The van der Waals surface area contributed by atoms with Crippen molar-refractivity contribution in [1.29, 1.82) is 0 Å². The first-order valence-corrected chi connectivity index (χ1v) is 9.12. The molecule has 0 atom stereocenters. The summed E-state index contributed by atoms with van der Waals surface area (Å²) >= 11 is 0. The van der Waals surface area contributed by atoms with Gasteiger partial charge in [0.05, 0.1) is 5.56 Å². The molecule has 2 rings (SSSR count). The topological polar surface area (TPSA) is 89.9 Å². The maximum Gasteiger partial charge on any atom is 0.338 e. The maximum absolute atomic E-state index is 12.0. The number of carbonyl (C=O) groups excluding carboxylic acids is 3. The first-order chi connectivity index (χ1) is 13.7. The molecule has 2 aromatic rings. The van der Waals surface area contributed by atoms with E-state index in [0.29, 0.717) is 16.9 Å². The second-order valence-electron chi connectivity index (χ2n) is 6.96. The van der Waals surface area contributed by atoms with E-state index in [2.05, 4.69) is 0 Å². The Balaban J connectivity index is 1.79. The number of aliphatic hydroxyl groups is 1. The van der Waals surface area contributed by atoms with Gasteiger partial charge < -0.3 is 14.6 Å². The molecule has 2 aromatic carbocycles. The van der Waals surface area contributed by atoms with Crippen molar-refractivity contribution in [2.75, 3.05) is 13.2 Å². The second kappa shape index (κ2) is 9.80. The number of ketones is 2. The molecule has 0 bridgehead atoms. The van der Waals surface area contributed by atoms with E-state index in [4.69, 9.17) is 9.47 Å². The number of carbonyl (C=O) groups is 3. The predicted octanol–water partition coefficient (Wildman–Crippen LogP) is 3.48. The average molecular weight is 396 g/mol. The summed E-state index contributed by atoms with van der Waals surface area (Å²) in [4.78, 5) is 34.9. The Kier molecular flexibility index (Phi) is 7.45. The van der Waals surface area contributed by atoms with Crippen LogP contribution in [0.5, 0.6) is 5.75 Å². The van der Waals surface area contributed by atoms with Crippen molar-refractivity contribution in [3.63, 3.8) is 0 Å². The monoisotopic (exact) mass is 396 g/mol. The maximum atomic E-state index is 12.0. The van der Waals surface area contributed by atoms with Gasteiger partial charge in [-0.3, -0.25) is 9.59 Å². The molecule has 0 unspecified atom stereocenters. The van der Waals surface area contributed by atoms with Crippen molar-refractivity contribution < 1.29 is 29.0 Å². The summed E-state index contributed by atoms with van der Waals surface area (Å²) in [6, 6.07) is 13.1. The van der Waals surface area contributed by atoms with Gasteiger partial charge in [0.25, 0.3) is 0 Å². The van der Waals surface area contributed by atoms with Gasteiger partial charge in [-0.25, -0.2) is 4.79 Å². The summed E-state index contributed by atoms with van der Waals surface area (Å²) < 4.78 is 10.7. The average Bonchev–Trinajstić information content (AvgIpc) is 2.69. The van der Waals surface area contributed by atoms with Crippen LogP contribution in [0.2, 0.25) is 0 Å². The lowest BCUT2D eigenvalue weighted by Gasteiger charge is -2.15. The van der Waals surface area contributed by atoms with Crippen molar-refractivity contribution in [3.8, 4) is 5.75 Å². The fourth-order valence-electron chi connectivity index (χ4n) is 2.38. The van der Waals surface area contributed by atoms with Gasteiger partial charge in [0.1, 0.15) is 24.6 Å². The molecule has 0 aliphatic carbocycles. The van der Waals surface area contributed by atoms with E-state index in [9.17, 15) is 19.5 Å². The van der Waals surface area contributed by atoms with Gasteiger partial charge in [0.2, 0.25) is 0 Å². The predicted molar refractivity (Wildman–Crippen MR) is 109 cm³/mol. The molecule has 0 aromatic heterocycles. The Hall–Kier alpha value is -3.25. The molecule has 0 heterocycles. The van der Waals surface area contributed by atoms with Crippen LogP contribution in [0.25, 0.3) is 6.08 Å². The lowest BCUT2D eigenvalue weighted by molar-refractivity contribution is -0.112. The van der Waals surface area contributed by atoms with E-state index in [1.807, 2.05) is 0 Å². The highest BCUT2D eigenvalue weighted by atomic mass is 16.6. The summed E-state index contributed by atoms with van der Waals surface area (Å²) in [5, 5.41) is 9.75. The number of hydrogen-bond donors (Lipinski definition) is 1. The molecule has 0 amide bonds. The number of ether oxygens (including phenoxy) is 2. The highest BCUT2D eigenvalue weighted by Crippen LogP contribution is 2.17. The van der Waals surface area contributed by atoms with Gasteiger partial charge in [-0.2, -0.15) is 0 Å². The number of Topliss-reactive ketones (excluding diaryl/α,β-unsaturated/α-hetero) is 1. The quantitative estimate of drug-likeness (QED) is 0.302. The Morgan fingerprint density at radius 3 is 2.07 bits per heavy atom. The zero-order valence-electron chi connectivity index (χ0n) is 16.7. The molecule has 29 heavy (non-hydrogen) atoms. The van der Waals surface area contributed by atoms with Gasteiger partial charge in [-0.1, -0.05) is 18.2 Å². The molecule has 0 saturated heterocycles. The van der Waals surface area contributed by atoms with Crippen molar-refractivity contribution in [3.05, 3.63) is 71.3 Å². The van der Waals surface area contributed by atoms with E-state index in [-0.39, 0.29) is 24.8 Å². The minimum Gasteiger partial charge on any atom is -0.490 e. The fraction of sp³-hybridized carbons (Fsp3) is 0.261. The number of esters is 1. The third kappa shape index (κ3) is 7.01. The van der Waals surface area contributed by atoms with Gasteiger partial charge in [0, 0.05) is 5.56 Å². The van der Waals surface area contributed by atoms with Crippen LogP contribution in [0.1, 0.15) is 47.1 Å². The van der Waals surface area contributed by atoms with Crippen molar-refractivity contribution >= 4 is 23.6 Å². The first kappa shape index (κ1) is 22.0. The standard InChI is InChI=1S/C23H24O6/c1-16(24)4-5-17-6-8-19(9-7-17)22(26)29-15-14-28-20-12-10-18(11-13-20)21(25)23(2,3)27/h4-13,27H,14-15H2,1-3H3/b5-4+. The van der Waals surface area contributed by atoms with E-state index in [1.54, 1.807) is 54.6 Å². The summed E-state index contributed by atoms with van der Waals surface area (Å²) in [6.45, 7) is 4.56. The molecule has 0 saturated carbocycles. The Bertz CT molecular complexity index is 886. The number of rotatable bonds is 9. The van der Waals surface area contributed by atoms with E-state index in [1.165, 1.54) is 26.8 Å². The summed E-state index contributed by atoms with van der Waals surface area (Å²) in [5.74, 6) is -0.371. The highest BCUT2D eigenvalue weighted by molar-refractivity contribution is 6.01. The second-order valence-corrected chi connectivity index (χ2v) is 6.96. The SMILES string of the molecule is CC(=O)/C=C/c1ccc(C(=O)OCCOc2ccc(C(=O)C(C)(C)O)cc2)cc1. The van der Waals surface area contributed by atoms with Gasteiger partial charge in [0.15, 0.2) is 11.6 Å². The third-order valence-electron chi connectivity index (χ3n) is 3.91. The fourth-order valence-corrected chi connectivity index (χ4v) is 2.38. The van der Waals surface area contributed by atoms with Crippen molar-refractivity contribution in [1.82, 2.24) is 0 Å². The number of hydrogen-bond acceptors (Lipinski definition) is 6. The van der Waals surface area contributed by atoms with Crippen LogP contribution in [0.4, 0.5) is 0 Å². The van der Waals surface area contributed by atoms with Crippen LogP contribution in [0.15, 0.2) is 54.6 Å². The number of benzene rings is 2. The molecule has 0 fully saturated rings. The summed E-state index contributed by atoms with van der Waals surface area (Å²) in [6.07, 6.45) is 3.13. The van der Waals surface area contributed by atoms with Gasteiger partial charge >= 0.3 is 5.97 Å². The molecular formula is C23H24O6. The zero-order valence-corrected chi connectivity index (χ0v) is 16.7. The third-order valence-corrected chi connectivity index (χ3v) is 3.91. The van der Waals surface area contributed by atoms with Gasteiger partial charge in [-0.05, 0) is 68.8 Å². The molecule has 0 spiro atoms. The number of allylic oxidation sites excluding steroid dienone is 1. The van der Waals surface area contributed by atoms with E-state index >= 15 is 0 Å². The van der Waals surface area contributed by atoms with Crippen LogP contribution >= 0.6 is 0 Å². The highest BCUT2D eigenvalue weighted by Gasteiger charge is 2.24. The smallest absolute Gasteiger partial charge is 0.338 e. The largest absolute Gasteiger partial charge is 0.490 e. The van der Waals surface area contributed by atoms with Gasteiger partial charge in [-0.15, -0.1) is 0 Å². The molecule has 0 aliphatic heterocycles. The normalized spacial score (nSPS) is 11.3. The minimum absolute atomic E-state index is 0.0491. The molecule has 152 valence electrons. The summed E-state index contributed by atoms with van der Waals surface area (Å²) in [7, 11) is 0. The van der Waals surface area contributed by atoms with Crippen LogP contribution < -0.4 is 4.74 Å². The van der Waals surface area contributed by atoms with E-state index in [0.717, 1.165) is 5.56 Å². The Labute approximate surface area is 169 Å². The van der Waals surface area contributed by atoms with Crippen LogP contribution in [0.3, 0.4) is 0 Å². The molecule has 1 N–H and O–H groups in total. The van der Waals surface area contributed by atoms with E-state index < -0.39 is 11.6 Å². The van der Waals surface area contributed by atoms with Crippen molar-refractivity contribution in [2.24, 2.45) is 0 Å². The lowest BCUT2D eigenvalue weighted by atomic mass is 9.97. The summed E-state index contributed by atoms with van der Waals surface area (Å²) in [5.41, 5.74) is 0.169. The van der Waals surface area contributed by atoms with Crippen LogP contribution in [0, 0.1) is 0 Å². The molecule has 0 radical (unpaired) electrons. The van der Waals surface area contributed by atoms with Crippen molar-refractivity contribution in [2.45, 2.75) is 26.4 Å². The Morgan fingerprint density at radius 2 is 1.52 bits per heavy atom.